The van der Waals surface area contributed by atoms with Crippen LogP contribution in [0.1, 0.15) is 6.92 Å². The predicted molar refractivity (Wildman–Crippen MR) is 71.3 cm³/mol. The molecule has 2 rings (SSSR count). The van der Waals surface area contributed by atoms with Gasteiger partial charge >= 0.3 is 5.97 Å². The van der Waals surface area contributed by atoms with Crippen molar-refractivity contribution in [2.45, 2.75) is 19.6 Å². The first-order valence-electron chi connectivity index (χ1n) is 6.06. The standard InChI is InChI=1S/C14H15NO4/c1-2-19-13(14(17)18)9-15-8-7-12(16)10-5-3-4-6-11(10)15/h3-8,13H,2,9H2,1H3,(H,17,18). The number of carboxylic acid groups (broad SMARTS) is 1. The van der Waals surface area contributed by atoms with E-state index in [1.165, 1.54) is 6.07 Å². The highest BCUT2D eigenvalue weighted by atomic mass is 16.5. The third kappa shape index (κ3) is 2.82. The van der Waals surface area contributed by atoms with Crippen molar-refractivity contribution >= 4 is 16.9 Å². The van der Waals surface area contributed by atoms with Crippen LogP contribution in [-0.4, -0.2) is 28.4 Å². The zero-order valence-corrected chi connectivity index (χ0v) is 10.6. The Kier molecular flexibility index (Phi) is 3.97. The average Bonchev–Trinajstić information content (AvgIpc) is 2.41. The summed E-state index contributed by atoms with van der Waals surface area (Å²) >= 11 is 0. The van der Waals surface area contributed by atoms with E-state index in [4.69, 9.17) is 9.84 Å². The summed E-state index contributed by atoms with van der Waals surface area (Å²) < 4.78 is 6.92. The zero-order valence-electron chi connectivity index (χ0n) is 10.6. The number of benzene rings is 1. The molecule has 1 N–H and O–H groups in total. The Morgan fingerprint density at radius 2 is 2.11 bits per heavy atom. The molecule has 0 aliphatic carbocycles. The molecule has 100 valence electrons. The molecule has 19 heavy (non-hydrogen) atoms. The minimum absolute atomic E-state index is 0.0739. The van der Waals surface area contributed by atoms with E-state index in [2.05, 4.69) is 0 Å². The van der Waals surface area contributed by atoms with Gasteiger partial charge in [0.1, 0.15) is 0 Å². The van der Waals surface area contributed by atoms with E-state index in [-0.39, 0.29) is 12.0 Å². The van der Waals surface area contributed by atoms with Crippen LogP contribution < -0.4 is 5.43 Å². The lowest BCUT2D eigenvalue weighted by atomic mass is 10.2. The molecule has 0 aliphatic heterocycles. The minimum Gasteiger partial charge on any atom is -0.479 e. The van der Waals surface area contributed by atoms with Crippen molar-refractivity contribution in [3.05, 3.63) is 46.8 Å². The van der Waals surface area contributed by atoms with Gasteiger partial charge in [0.2, 0.25) is 0 Å². The van der Waals surface area contributed by atoms with Crippen molar-refractivity contribution in [2.24, 2.45) is 0 Å². The number of aromatic nitrogens is 1. The summed E-state index contributed by atoms with van der Waals surface area (Å²) in [4.78, 5) is 22.8. The van der Waals surface area contributed by atoms with Crippen LogP contribution in [0.2, 0.25) is 0 Å². The van der Waals surface area contributed by atoms with Crippen LogP contribution in [0.4, 0.5) is 0 Å². The monoisotopic (exact) mass is 261 g/mol. The molecule has 0 amide bonds. The molecule has 0 aliphatic rings. The molecule has 0 bridgehead atoms. The Hall–Kier alpha value is -2.14. The lowest BCUT2D eigenvalue weighted by Gasteiger charge is -2.16. The summed E-state index contributed by atoms with van der Waals surface area (Å²) in [7, 11) is 0. The third-order valence-corrected chi connectivity index (χ3v) is 2.89. The van der Waals surface area contributed by atoms with E-state index >= 15 is 0 Å². The Bertz CT molecular complexity index is 647. The number of hydrogen-bond donors (Lipinski definition) is 1. The fourth-order valence-electron chi connectivity index (χ4n) is 2.00. The molecule has 5 nitrogen and oxygen atoms in total. The SMILES string of the molecule is CCOC(Cn1ccc(=O)c2ccccc21)C(=O)O. The molecule has 0 saturated carbocycles. The Balaban J connectivity index is 2.43. The van der Waals surface area contributed by atoms with E-state index in [0.717, 1.165) is 0 Å². The van der Waals surface area contributed by atoms with Crippen LogP contribution in [0.15, 0.2) is 41.3 Å². The number of hydrogen-bond acceptors (Lipinski definition) is 3. The first-order valence-corrected chi connectivity index (χ1v) is 6.06. The number of rotatable bonds is 5. The first-order chi connectivity index (χ1) is 9.13. The summed E-state index contributed by atoms with van der Waals surface area (Å²) in [5.41, 5.74) is 0.635. The second-order valence-corrected chi connectivity index (χ2v) is 4.13. The molecule has 0 fully saturated rings. The summed E-state index contributed by atoms with van der Waals surface area (Å²) in [5, 5.41) is 9.67. The van der Waals surface area contributed by atoms with Gasteiger partial charge < -0.3 is 14.4 Å². The molecule has 5 heteroatoms. The maximum atomic E-state index is 11.7. The van der Waals surface area contributed by atoms with Crippen LogP contribution in [-0.2, 0) is 16.1 Å². The van der Waals surface area contributed by atoms with E-state index in [0.29, 0.717) is 17.5 Å². The van der Waals surface area contributed by atoms with Crippen LogP contribution >= 0.6 is 0 Å². The normalized spacial score (nSPS) is 12.5. The topological polar surface area (TPSA) is 68.5 Å². The van der Waals surface area contributed by atoms with E-state index < -0.39 is 12.1 Å². The average molecular weight is 261 g/mol. The summed E-state index contributed by atoms with van der Waals surface area (Å²) in [6.07, 6.45) is 0.676. The van der Waals surface area contributed by atoms with Gasteiger partial charge in [-0.05, 0) is 19.1 Å². The molecular formula is C14H15NO4. The number of pyridine rings is 1. The smallest absolute Gasteiger partial charge is 0.334 e. The zero-order chi connectivity index (χ0) is 13.8. The van der Waals surface area contributed by atoms with Gasteiger partial charge in [-0.15, -0.1) is 0 Å². The molecular weight excluding hydrogens is 246 g/mol. The maximum absolute atomic E-state index is 11.7. The van der Waals surface area contributed by atoms with Crippen molar-refractivity contribution in [1.82, 2.24) is 4.57 Å². The fraction of sp³-hybridized carbons (Fsp3) is 0.286. The van der Waals surface area contributed by atoms with Crippen molar-refractivity contribution in [1.29, 1.82) is 0 Å². The minimum atomic E-state index is -1.01. The third-order valence-electron chi connectivity index (χ3n) is 2.89. The van der Waals surface area contributed by atoms with Gasteiger partial charge in [0.05, 0.1) is 12.1 Å². The first kappa shape index (κ1) is 13.3. The Morgan fingerprint density at radius 3 is 2.79 bits per heavy atom. The number of para-hydroxylation sites is 1. The summed E-state index contributed by atoms with van der Waals surface area (Å²) in [6.45, 7) is 2.25. The molecule has 1 unspecified atom stereocenters. The second kappa shape index (κ2) is 5.67. The maximum Gasteiger partial charge on any atom is 0.334 e. The number of fused-ring (bicyclic) bond motifs is 1. The highest BCUT2D eigenvalue weighted by Gasteiger charge is 2.18. The summed E-state index contributed by atoms with van der Waals surface area (Å²) in [6, 6.07) is 8.55. The molecule has 0 spiro atoms. The van der Waals surface area contributed by atoms with Gasteiger partial charge in [-0.2, -0.15) is 0 Å². The largest absolute Gasteiger partial charge is 0.479 e. The van der Waals surface area contributed by atoms with Gasteiger partial charge in [-0.1, -0.05) is 12.1 Å². The number of carboxylic acids is 1. The summed E-state index contributed by atoms with van der Waals surface area (Å²) in [5.74, 6) is -1.01. The molecule has 1 atom stereocenters. The number of carbonyl (C=O) groups is 1. The van der Waals surface area contributed by atoms with Gasteiger partial charge in [-0.3, -0.25) is 4.79 Å². The van der Waals surface area contributed by atoms with Gasteiger partial charge in [0.25, 0.3) is 0 Å². The Labute approximate surface area is 110 Å². The van der Waals surface area contributed by atoms with Crippen LogP contribution in [0, 0.1) is 0 Å². The van der Waals surface area contributed by atoms with E-state index in [1.54, 1.807) is 35.9 Å². The van der Waals surface area contributed by atoms with Crippen LogP contribution in [0.3, 0.4) is 0 Å². The van der Waals surface area contributed by atoms with Crippen molar-refractivity contribution < 1.29 is 14.6 Å². The van der Waals surface area contributed by atoms with Crippen molar-refractivity contribution in [3.63, 3.8) is 0 Å². The quantitative estimate of drug-likeness (QED) is 0.885. The van der Waals surface area contributed by atoms with Crippen molar-refractivity contribution in [3.8, 4) is 0 Å². The van der Waals surface area contributed by atoms with Crippen molar-refractivity contribution in [2.75, 3.05) is 6.61 Å². The molecule has 1 heterocycles. The molecule has 2 aromatic rings. The fourth-order valence-corrected chi connectivity index (χ4v) is 2.00. The van der Waals surface area contributed by atoms with Gasteiger partial charge in [0.15, 0.2) is 11.5 Å². The van der Waals surface area contributed by atoms with E-state index in [1.807, 2.05) is 6.07 Å². The molecule has 1 aromatic heterocycles. The van der Waals surface area contributed by atoms with Crippen LogP contribution in [0.25, 0.3) is 10.9 Å². The number of aliphatic carboxylic acids is 1. The van der Waals surface area contributed by atoms with Gasteiger partial charge in [0, 0.05) is 24.3 Å². The van der Waals surface area contributed by atoms with Gasteiger partial charge in [-0.25, -0.2) is 4.79 Å². The van der Waals surface area contributed by atoms with Crippen LogP contribution in [0.5, 0.6) is 0 Å². The van der Waals surface area contributed by atoms with E-state index in [9.17, 15) is 9.59 Å². The Morgan fingerprint density at radius 1 is 1.37 bits per heavy atom. The highest BCUT2D eigenvalue weighted by Crippen LogP contribution is 2.11. The number of ether oxygens (including phenoxy) is 1. The predicted octanol–water partition coefficient (Wildman–Crippen LogP) is 1.49. The lowest BCUT2D eigenvalue weighted by Crippen LogP contribution is -2.29. The molecule has 0 saturated heterocycles. The molecule has 0 radical (unpaired) electrons. The second-order valence-electron chi connectivity index (χ2n) is 4.13. The highest BCUT2D eigenvalue weighted by molar-refractivity contribution is 5.79. The molecule has 1 aromatic carbocycles. The number of nitrogens with zero attached hydrogens (tertiary/aromatic N) is 1. The lowest BCUT2D eigenvalue weighted by molar-refractivity contribution is -0.150.